The fourth-order valence-electron chi connectivity index (χ4n) is 0.765. The zero-order chi connectivity index (χ0) is 7.56. The topological polar surface area (TPSA) is 9.23 Å². The number of hydrogen-bond acceptors (Lipinski definition) is 1. The molecule has 1 heteroatoms. The summed E-state index contributed by atoms with van der Waals surface area (Å²) in [5.74, 6) is 1.57. The van der Waals surface area contributed by atoms with Crippen molar-refractivity contribution in [1.82, 2.24) is 0 Å². The molecule has 0 aliphatic heterocycles. The van der Waals surface area contributed by atoms with Crippen LogP contribution in [0, 0.1) is 11.8 Å². The van der Waals surface area contributed by atoms with Gasteiger partial charge in [-0.1, -0.05) is 13.8 Å². The van der Waals surface area contributed by atoms with E-state index in [1.54, 1.807) is 0 Å². The highest BCUT2D eigenvalue weighted by Crippen LogP contribution is 2.29. The van der Waals surface area contributed by atoms with Crippen LogP contribution in [-0.4, -0.2) is 12.7 Å². The molecule has 10 heavy (non-hydrogen) atoms. The Morgan fingerprint density at radius 1 is 1.30 bits per heavy atom. The summed E-state index contributed by atoms with van der Waals surface area (Å²) in [6, 6.07) is 0. The van der Waals surface area contributed by atoms with Crippen molar-refractivity contribution in [2.24, 2.45) is 11.8 Å². The van der Waals surface area contributed by atoms with E-state index in [0.29, 0.717) is 12.0 Å². The second kappa shape index (κ2) is 3.38. The van der Waals surface area contributed by atoms with Crippen molar-refractivity contribution in [2.45, 2.75) is 39.7 Å². The van der Waals surface area contributed by atoms with Gasteiger partial charge in [0.15, 0.2) is 0 Å². The molecule has 60 valence electrons. The van der Waals surface area contributed by atoms with Crippen LogP contribution >= 0.6 is 0 Å². The Morgan fingerprint density at radius 2 is 1.90 bits per heavy atom. The van der Waals surface area contributed by atoms with Gasteiger partial charge in [0, 0.05) is 6.61 Å². The second-order valence-electron chi connectivity index (χ2n) is 3.73. The van der Waals surface area contributed by atoms with E-state index in [4.69, 9.17) is 4.74 Å². The predicted octanol–water partition coefficient (Wildman–Crippen LogP) is 2.46. The van der Waals surface area contributed by atoms with E-state index in [9.17, 15) is 0 Å². The molecule has 0 amide bonds. The maximum Gasteiger partial charge on any atom is 0.0570 e. The minimum Gasteiger partial charge on any atom is -0.378 e. The van der Waals surface area contributed by atoms with E-state index in [1.807, 2.05) is 0 Å². The molecule has 0 radical (unpaired) electrons. The predicted molar refractivity (Wildman–Crippen MR) is 43.0 cm³/mol. The Morgan fingerprint density at radius 3 is 2.30 bits per heavy atom. The molecule has 0 bridgehead atoms. The van der Waals surface area contributed by atoms with Crippen LogP contribution in [0.3, 0.4) is 0 Å². The lowest BCUT2D eigenvalue weighted by atomic mass is 10.1. The van der Waals surface area contributed by atoms with Crippen molar-refractivity contribution >= 4 is 0 Å². The third-order valence-electron chi connectivity index (χ3n) is 2.23. The molecule has 1 aliphatic carbocycles. The van der Waals surface area contributed by atoms with Crippen LogP contribution in [-0.2, 0) is 4.74 Å². The SMILES string of the molecule is CC(C)C(C)OCC1CC1. The molecule has 0 aromatic rings. The molecule has 0 aromatic heterocycles. The highest BCUT2D eigenvalue weighted by molar-refractivity contribution is 4.72. The fraction of sp³-hybridized carbons (Fsp3) is 1.00. The first-order valence-corrected chi connectivity index (χ1v) is 4.31. The van der Waals surface area contributed by atoms with Crippen LogP contribution in [0.4, 0.5) is 0 Å². The summed E-state index contributed by atoms with van der Waals surface area (Å²) in [7, 11) is 0. The van der Waals surface area contributed by atoms with E-state index in [1.165, 1.54) is 12.8 Å². The monoisotopic (exact) mass is 142 g/mol. The molecule has 1 nitrogen and oxygen atoms in total. The minimum absolute atomic E-state index is 0.445. The van der Waals surface area contributed by atoms with Gasteiger partial charge in [0.05, 0.1) is 6.10 Å². The van der Waals surface area contributed by atoms with Gasteiger partial charge in [-0.25, -0.2) is 0 Å². The molecule has 0 spiro atoms. The Balaban J connectivity index is 1.99. The van der Waals surface area contributed by atoms with Gasteiger partial charge in [-0.3, -0.25) is 0 Å². The molecule has 0 N–H and O–H groups in total. The maximum atomic E-state index is 5.63. The van der Waals surface area contributed by atoms with Crippen LogP contribution in [0.2, 0.25) is 0 Å². The smallest absolute Gasteiger partial charge is 0.0570 e. The van der Waals surface area contributed by atoms with E-state index in [2.05, 4.69) is 20.8 Å². The Labute approximate surface area is 63.8 Å². The molecule has 1 saturated carbocycles. The van der Waals surface area contributed by atoms with Crippen LogP contribution in [0.25, 0.3) is 0 Å². The van der Waals surface area contributed by atoms with Crippen LogP contribution in [0.1, 0.15) is 33.6 Å². The summed E-state index contributed by atoms with van der Waals surface area (Å²) in [4.78, 5) is 0. The summed E-state index contributed by atoms with van der Waals surface area (Å²) in [6.45, 7) is 7.57. The molecular formula is C9H18O. The maximum absolute atomic E-state index is 5.63. The van der Waals surface area contributed by atoms with Crippen molar-refractivity contribution in [3.63, 3.8) is 0 Å². The number of ether oxygens (including phenoxy) is 1. The first-order chi connectivity index (χ1) is 4.70. The highest BCUT2D eigenvalue weighted by atomic mass is 16.5. The first kappa shape index (κ1) is 8.06. The Kier molecular flexibility index (Phi) is 2.72. The fourth-order valence-corrected chi connectivity index (χ4v) is 0.765. The van der Waals surface area contributed by atoms with Crippen molar-refractivity contribution in [3.8, 4) is 0 Å². The molecule has 1 fully saturated rings. The quantitative estimate of drug-likeness (QED) is 0.586. The molecule has 1 unspecified atom stereocenters. The van der Waals surface area contributed by atoms with E-state index < -0.39 is 0 Å². The van der Waals surface area contributed by atoms with Gasteiger partial charge in [-0.05, 0) is 31.6 Å². The molecule has 0 heterocycles. The second-order valence-corrected chi connectivity index (χ2v) is 3.73. The lowest BCUT2D eigenvalue weighted by Crippen LogP contribution is -2.16. The van der Waals surface area contributed by atoms with Crippen molar-refractivity contribution < 1.29 is 4.74 Å². The highest BCUT2D eigenvalue weighted by Gasteiger charge is 2.22. The third kappa shape index (κ3) is 2.70. The number of hydrogen-bond donors (Lipinski definition) is 0. The lowest BCUT2D eigenvalue weighted by Gasteiger charge is -2.15. The summed E-state index contributed by atoms with van der Waals surface area (Å²) in [6.07, 6.45) is 3.23. The van der Waals surface area contributed by atoms with Gasteiger partial charge < -0.3 is 4.74 Å². The zero-order valence-corrected chi connectivity index (χ0v) is 7.26. The summed E-state index contributed by atoms with van der Waals surface area (Å²) < 4.78 is 5.63. The van der Waals surface area contributed by atoms with E-state index >= 15 is 0 Å². The van der Waals surface area contributed by atoms with Gasteiger partial charge in [-0.2, -0.15) is 0 Å². The molecule has 1 rings (SSSR count). The first-order valence-electron chi connectivity index (χ1n) is 4.31. The van der Waals surface area contributed by atoms with Gasteiger partial charge in [0.25, 0.3) is 0 Å². The van der Waals surface area contributed by atoms with Gasteiger partial charge in [0.2, 0.25) is 0 Å². The molecular weight excluding hydrogens is 124 g/mol. The van der Waals surface area contributed by atoms with Crippen LogP contribution in [0.5, 0.6) is 0 Å². The lowest BCUT2D eigenvalue weighted by molar-refractivity contribution is 0.0289. The molecule has 0 aromatic carbocycles. The average molecular weight is 142 g/mol. The van der Waals surface area contributed by atoms with Gasteiger partial charge in [0.1, 0.15) is 0 Å². The van der Waals surface area contributed by atoms with Crippen LogP contribution in [0.15, 0.2) is 0 Å². The molecule has 1 atom stereocenters. The summed E-state index contributed by atoms with van der Waals surface area (Å²) in [5.41, 5.74) is 0. The summed E-state index contributed by atoms with van der Waals surface area (Å²) >= 11 is 0. The van der Waals surface area contributed by atoms with E-state index in [-0.39, 0.29) is 0 Å². The largest absolute Gasteiger partial charge is 0.378 e. The third-order valence-corrected chi connectivity index (χ3v) is 2.23. The standard InChI is InChI=1S/C9H18O/c1-7(2)8(3)10-6-9-4-5-9/h7-9H,4-6H2,1-3H3. The number of rotatable bonds is 4. The van der Waals surface area contributed by atoms with Crippen molar-refractivity contribution in [1.29, 1.82) is 0 Å². The molecule has 1 aliphatic rings. The van der Waals surface area contributed by atoms with Crippen molar-refractivity contribution in [2.75, 3.05) is 6.61 Å². The van der Waals surface area contributed by atoms with Crippen LogP contribution < -0.4 is 0 Å². The zero-order valence-electron chi connectivity index (χ0n) is 7.26. The Bertz CT molecular complexity index is 94.9. The van der Waals surface area contributed by atoms with E-state index in [0.717, 1.165) is 12.5 Å². The minimum atomic E-state index is 0.445. The summed E-state index contributed by atoms with van der Waals surface area (Å²) in [5, 5.41) is 0. The molecule has 0 saturated heterocycles. The van der Waals surface area contributed by atoms with Crippen molar-refractivity contribution in [3.05, 3.63) is 0 Å². The average Bonchev–Trinajstić information content (AvgIpc) is 2.64. The Hall–Kier alpha value is -0.0400. The normalized spacial score (nSPS) is 21.6. The van der Waals surface area contributed by atoms with Gasteiger partial charge >= 0.3 is 0 Å². The van der Waals surface area contributed by atoms with Gasteiger partial charge in [-0.15, -0.1) is 0 Å².